The predicted molar refractivity (Wildman–Crippen MR) is 68.7 cm³/mol. The highest BCUT2D eigenvalue weighted by Gasteiger charge is 2.22. The Morgan fingerprint density at radius 2 is 2.28 bits per heavy atom. The van der Waals surface area contributed by atoms with Crippen LogP contribution in [0.15, 0.2) is 24.3 Å². The van der Waals surface area contributed by atoms with Crippen molar-refractivity contribution in [2.24, 2.45) is 0 Å². The summed E-state index contributed by atoms with van der Waals surface area (Å²) in [5.41, 5.74) is 1.28. The maximum atomic E-state index is 11.2. The third kappa shape index (κ3) is 2.89. The molecule has 2 rings (SSSR count). The number of rotatable bonds is 4. The molecule has 1 aliphatic heterocycles. The Kier molecular flexibility index (Phi) is 4.33. The lowest BCUT2D eigenvalue weighted by molar-refractivity contribution is -0.0128. The Morgan fingerprint density at radius 3 is 3.00 bits per heavy atom. The number of morpholine rings is 1. The van der Waals surface area contributed by atoms with Crippen LogP contribution in [-0.2, 0) is 11.3 Å². The van der Waals surface area contributed by atoms with Gasteiger partial charge in [0.25, 0.3) is 0 Å². The van der Waals surface area contributed by atoms with Crippen LogP contribution in [0.3, 0.4) is 0 Å². The van der Waals surface area contributed by atoms with Crippen molar-refractivity contribution in [2.75, 3.05) is 19.8 Å². The van der Waals surface area contributed by atoms with Gasteiger partial charge in [0.1, 0.15) is 0 Å². The summed E-state index contributed by atoms with van der Waals surface area (Å²) in [6.45, 7) is 5.16. The van der Waals surface area contributed by atoms with Crippen LogP contribution in [0, 0.1) is 0 Å². The van der Waals surface area contributed by atoms with Gasteiger partial charge in [-0.1, -0.05) is 25.1 Å². The SMILES string of the molecule is CCC1COCCN1Cc1ccccc1C(=O)O. The van der Waals surface area contributed by atoms with Crippen LogP contribution in [0.5, 0.6) is 0 Å². The summed E-state index contributed by atoms with van der Waals surface area (Å²) >= 11 is 0. The van der Waals surface area contributed by atoms with Crippen LogP contribution in [-0.4, -0.2) is 41.8 Å². The molecule has 0 bridgehead atoms. The highest BCUT2D eigenvalue weighted by atomic mass is 16.5. The van der Waals surface area contributed by atoms with Crippen molar-refractivity contribution in [2.45, 2.75) is 25.9 Å². The van der Waals surface area contributed by atoms with Crippen LogP contribution in [0.1, 0.15) is 29.3 Å². The minimum Gasteiger partial charge on any atom is -0.478 e. The lowest BCUT2D eigenvalue weighted by atomic mass is 10.1. The van der Waals surface area contributed by atoms with Crippen LogP contribution in [0.4, 0.5) is 0 Å². The molecule has 0 amide bonds. The van der Waals surface area contributed by atoms with Gasteiger partial charge in [-0.15, -0.1) is 0 Å². The summed E-state index contributed by atoms with van der Waals surface area (Å²) in [5.74, 6) is -0.855. The zero-order valence-corrected chi connectivity index (χ0v) is 10.6. The van der Waals surface area contributed by atoms with Gasteiger partial charge in [-0.2, -0.15) is 0 Å². The average Bonchev–Trinajstić information content (AvgIpc) is 2.40. The number of benzene rings is 1. The third-order valence-corrected chi connectivity index (χ3v) is 3.44. The van der Waals surface area contributed by atoms with E-state index in [1.54, 1.807) is 12.1 Å². The first kappa shape index (κ1) is 13.1. The summed E-state index contributed by atoms with van der Waals surface area (Å²) in [4.78, 5) is 13.5. The second-order valence-corrected chi connectivity index (χ2v) is 4.57. The van der Waals surface area contributed by atoms with E-state index in [0.29, 0.717) is 18.2 Å². The molecule has 98 valence electrons. The van der Waals surface area contributed by atoms with Gasteiger partial charge in [-0.05, 0) is 18.1 Å². The van der Waals surface area contributed by atoms with E-state index < -0.39 is 5.97 Å². The molecule has 0 radical (unpaired) electrons. The van der Waals surface area contributed by atoms with Crippen LogP contribution >= 0.6 is 0 Å². The van der Waals surface area contributed by atoms with E-state index in [2.05, 4.69) is 11.8 Å². The average molecular weight is 249 g/mol. The van der Waals surface area contributed by atoms with Crippen LogP contribution in [0.2, 0.25) is 0 Å². The van der Waals surface area contributed by atoms with E-state index in [1.807, 2.05) is 12.1 Å². The van der Waals surface area contributed by atoms with Gasteiger partial charge in [0.05, 0.1) is 18.8 Å². The lowest BCUT2D eigenvalue weighted by Crippen LogP contribution is -2.44. The number of carboxylic acid groups (broad SMARTS) is 1. The van der Waals surface area contributed by atoms with Gasteiger partial charge in [-0.25, -0.2) is 4.79 Å². The standard InChI is InChI=1S/C14H19NO3/c1-2-12-10-18-8-7-15(12)9-11-5-3-4-6-13(11)14(16)17/h3-6,12H,2,7-10H2,1H3,(H,16,17). The monoisotopic (exact) mass is 249 g/mol. The zero-order chi connectivity index (χ0) is 13.0. The maximum absolute atomic E-state index is 11.2. The van der Waals surface area contributed by atoms with Crippen molar-refractivity contribution in [3.05, 3.63) is 35.4 Å². The fraction of sp³-hybridized carbons (Fsp3) is 0.500. The molecule has 1 saturated heterocycles. The molecule has 1 aliphatic rings. The molecule has 4 heteroatoms. The van der Waals surface area contributed by atoms with Gasteiger partial charge < -0.3 is 9.84 Å². The fourth-order valence-electron chi connectivity index (χ4n) is 2.36. The highest BCUT2D eigenvalue weighted by Crippen LogP contribution is 2.17. The second-order valence-electron chi connectivity index (χ2n) is 4.57. The Bertz CT molecular complexity index is 419. The van der Waals surface area contributed by atoms with Crippen molar-refractivity contribution in [3.8, 4) is 0 Å². The third-order valence-electron chi connectivity index (χ3n) is 3.44. The molecule has 18 heavy (non-hydrogen) atoms. The van der Waals surface area contributed by atoms with Gasteiger partial charge in [0.2, 0.25) is 0 Å². The normalized spacial score (nSPS) is 20.8. The quantitative estimate of drug-likeness (QED) is 0.886. The van der Waals surface area contributed by atoms with Crippen molar-refractivity contribution in [3.63, 3.8) is 0 Å². The van der Waals surface area contributed by atoms with E-state index in [9.17, 15) is 9.90 Å². The molecule has 1 atom stereocenters. The molecule has 0 saturated carbocycles. The molecule has 4 nitrogen and oxygen atoms in total. The summed E-state index contributed by atoms with van der Waals surface area (Å²) in [6, 6.07) is 7.61. The number of ether oxygens (including phenoxy) is 1. The topological polar surface area (TPSA) is 49.8 Å². The zero-order valence-electron chi connectivity index (χ0n) is 10.6. The van der Waals surface area contributed by atoms with Crippen molar-refractivity contribution in [1.82, 2.24) is 4.90 Å². The van der Waals surface area contributed by atoms with Crippen LogP contribution < -0.4 is 0 Å². The Morgan fingerprint density at radius 1 is 1.50 bits per heavy atom. The van der Waals surface area contributed by atoms with Gasteiger partial charge in [-0.3, -0.25) is 4.90 Å². The Hall–Kier alpha value is -1.39. The summed E-state index contributed by atoms with van der Waals surface area (Å²) < 4.78 is 5.46. The van der Waals surface area contributed by atoms with Crippen LogP contribution in [0.25, 0.3) is 0 Å². The minimum absolute atomic E-state index is 0.389. The first-order valence-electron chi connectivity index (χ1n) is 6.35. The predicted octanol–water partition coefficient (Wildman–Crippen LogP) is 2.00. The molecule has 0 spiro atoms. The largest absolute Gasteiger partial charge is 0.478 e. The van der Waals surface area contributed by atoms with Gasteiger partial charge in [0.15, 0.2) is 0 Å². The summed E-state index contributed by atoms with van der Waals surface area (Å²) in [6.07, 6.45) is 1.02. The van der Waals surface area contributed by atoms with E-state index in [-0.39, 0.29) is 0 Å². The smallest absolute Gasteiger partial charge is 0.336 e. The number of carbonyl (C=O) groups is 1. The number of hydrogen-bond acceptors (Lipinski definition) is 3. The van der Waals surface area contributed by atoms with E-state index in [4.69, 9.17) is 4.74 Å². The van der Waals surface area contributed by atoms with Crippen molar-refractivity contribution in [1.29, 1.82) is 0 Å². The minimum atomic E-state index is -0.855. The molecule has 0 aliphatic carbocycles. The first-order chi connectivity index (χ1) is 8.72. The Balaban J connectivity index is 2.15. The number of hydrogen-bond donors (Lipinski definition) is 1. The molecule has 0 aromatic heterocycles. The molecular weight excluding hydrogens is 230 g/mol. The second kappa shape index (κ2) is 5.98. The first-order valence-corrected chi connectivity index (χ1v) is 6.35. The number of carboxylic acids is 1. The molecule has 1 aromatic carbocycles. The lowest BCUT2D eigenvalue weighted by Gasteiger charge is -2.35. The molecule has 1 heterocycles. The number of nitrogens with zero attached hydrogens (tertiary/aromatic N) is 1. The summed E-state index contributed by atoms with van der Waals surface area (Å²) in [7, 11) is 0. The van der Waals surface area contributed by atoms with Gasteiger partial charge in [0, 0.05) is 19.1 Å². The Labute approximate surface area is 107 Å². The molecule has 1 aromatic rings. The van der Waals surface area contributed by atoms with Crippen molar-refractivity contribution < 1.29 is 14.6 Å². The van der Waals surface area contributed by atoms with E-state index in [0.717, 1.165) is 31.7 Å². The molecular formula is C14H19NO3. The van der Waals surface area contributed by atoms with Crippen molar-refractivity contribution >= 4 is 5.97 Å². The molecule has 1 fully saturated rings. The molecule has 1 N–H and O–H groups in total. The summed E-state index contributed by atoms with van der Waals surface area (Å²) in [5, 5.41) is 9.18. The fourth-order valence-corrected chi connectivity index (χ4v) is 2.36. The van der Waals surface area contributed by atoms with E-state index >= 15 is 0 Å². The van der Waals surface area contributed by atoms with E-state index in [1.165, 1.54) is 0 Å². The van der Waals surface area contributed by atoms with Gasteiger partial charge >= 0.3 is 5.97 Å². The number of aromatic carboxylic acids is 1. The highest BCUT2D eigenvalue weighted by molar-refractivity contribution is 5.89. The molecule has 1 unspecified atom stereocenters. The maximum Gasteiger partial charge on any atom is 0.336 e.